The summed E-state index contributed by atoms with van der Waals surface area (Å²) < 4.78 is 69.0. The Bertz CT molecular complexity index is 1390. The second-order valence-electron chi connectivity index (χ2n) is 9.10. The number of amidine groups is 1. The van der Waals surface area contributed by atoms with Crippen LogP contribution in [0.5, 0.6) is 11.5 Å². The van der Waals surface area contributed by atoms with Gasteiger partial charge in [-0.05, 0) is 35.9 Å². The molecular formula is C25H21F4N5O2. The van der Waals surface area contributed by atoms with Crippen LogP contribution in [0.1, 0.15) is 24.0 Å². The number of pyridine rings is 2. The molecule has 0 aliphatic carbocycles. The number of hydrogen-bond acceptors (Lipinski definition) is 7. The Kier molecular flexibility index (Phi) is 5.15. The van der Waals surface area contributed by atoms with E-state index < -0.39 is 23.4 Å². The third-order valence-electron chi connectivity index (χ3n) is 6.79. The van der Waals surface area contributed by atoms with E-state index >= 15 is 4.39 Å². The average Bonchev–Trinajstić information content (AvgIpc) is 2.85. The molecule has 1 spiro atoms. The first-order valence-corrected chi connectivity index (χ1v) is 11.4. The number of ether oxygens (including phenoxy) is 2. The highest BCUT2D eigenvalue weighted by Gasteiger charge is 2.47. The van der Waals surface area contributed by atoms with Gasteiger partial charge in [0.1, 0.15) is 29.5 Å². The van der Waals surface area contributed by atoms with Crippen LogP contribution in [0.25, 0.3) is 11.1 Å². The molecule has 2 aromatic heterocycles. The molecular weight excluding hydrogens is 478 g/mol. The van der Waals surface area contributed by atoms with Crippen molar-refractivity contribution in [3.8, 4) is 22.6 Å². The summed E-state index contributed by atoms with van der Waals surface area (Å²) in [6.07, 6.45) is 0.643. The van der Waals surface area contributed by atoms with Crippen molar-refractivity contribution in [2.75, 3.05) is 31.2 Å². The molecule has 5 heterocycles. The minimum Gasteiger partial charge on any atom is -0.452 e. The van der Waals surface area contributed by atoms with Gasteiger partial charge in [-0.2, -0.15) is 13.8 Å². The van der Waals surface area contributed by atoms with E-state index in [1.165, 1.54) is 6.20 Å². The van der Waals surface area contributed by atoms with Crippen LogP contribution < -0.4 is 15.4 Å². The van der Waals surface area contributed by atoms with E-state index in [1.54, 1.807) is 41.3 Å². The first-order chi connectivity index (χ1) is 17.3. The highest BCUT2D eigenvalue weighted by molar-refractivity contribution is 5.84. The number of benzene rings is 1. The Morgan fingerprint density at radius 2 is 1.81 bits per heavy atom. The van der Waals surface area contributed by atoms with Gasteiger partial charge < -0.3 is 20.1 Å². The lowest BCUT2D eigenvalue weighted by Gasteiger charge is -2.40. The summed E-state index contributed by atoms with van der Waals surface area (Å²) in [4.78, 5) is 14.1. The van der Waals surface area contributed by atoms with Crippen LogP contribution in [-0.2, 0) is 10.3 Å². The molecule has 11 heteroatoms. The quantitative estimate of drug-likeness (QED) is 0.416. The van der Waals surface area contributed by atoms with Crippen molar-refractivity contribution in [2.45, 2.75) is 24.3 Å². The number of hydrogen-bond donors (Lipinski definition) is 1. The molecule has 7 nitrogen and oxygen atoms in total. The maximum absolute atomic E-state index is 15.4. The standard InChI is InChI=1S/C25H21F4N5O2/c26-22-15(2-1-7-31-22)14-3-4-18-16(10-14)25(13-35-12-19(30)33-25)17-11-20(32-23(27)21(17)36-18)34-8-5-24(28,29)6-9-34/h1-4,7,10-11H,5-6,8-9,12-13H2,(H2,30,33). The number of alkyl halides is 2. The number of rotatable bonds is 2. The molecule has 0 bridgehead atoms. The lowest BCUT2D eigenvalue weighted by molar-refractivity contribution is -0.0221. The largest absolute Gasteiger partial charge is 0.452 e. The van der Waals surface area contributed by atoms with Gasteiger partial charge >= 0.3 is 0 Å². The zero-order chi connectivity index (χ0) is 25.1. The van der Waals surface area contributed by atoms with Crippen molar-refractivity contribution in [1.82, 2.24) is 9.97 Å². The van der Waals surface area contributed by atoms with Gasteiger partial charge in [0.25, 0.3) is 11.9 Å². The van der Waals surface area contributed by atoms with Gasteiger partial charge in [0.2, 0.25) is 5.95 Å². The van der Waals surface area contributed by atoms with Crippen molar-refractivity contribution < 1.29 is 27.0 Å². The van der Waals surface area contributed by atoms with Crippen molar-refractivity contribution in [1.29, 1.82) is 0 Å². The fraction of sp³-hybridized carbons (Fsp3) is 0.320. The van der Waals surface area contributed by atoms with Gasteiger partial charge in [0.15, 0.2) is 5.75 Å². The van der Waals surface area contributed by atoms with E-state index in [0.717, 1.165) is 0 Å². The normalized spacial score (nSPS) is 22.4. The topological polar surface area (TPSA) is 85.9 Å². The second kappa shape index (κ2) is 8.16. The predicted molar refractivity (Wildman–Crippen MR) is 124 cm³/mol. The second-order valence-corrected chi connectivity index (χ2v) is 9.10. The van der Waals surface area contributed by atoms with Crippen molar-refractivity contribution in [2.24, 2.45) is 10.7 Å². The summed E-state index contributed by atoms with van der Waals surface area (Å²) in [5, 5.41) is 0. The fourth-order valence-electron chi connectivity index (χ4n) is 4.97. The smallest absolute Gasteiger partial charge is 0.258 e. The molecule has 1 fully saturated rings. The third-order valence-corrected chi connectivity index (χ3v) is 6.79. The Morgan fingerprint density at radius 3 is 2.56 bits per heavy atom. The highest BCUT2D eigenvalue weighted by Crippen LogP contribution is 2.52. The Hall–Kier alpha value is -3.73. The molecule has 3 aliphatic rings. The summed E-state index contributed by atoms with van der Waals surface area (Å²) in [5.41, 5.74) is 6.37. The molecule has 186 valence electrons. The number of nitrogens with two attached hydrogens (primary N) is 1. The molecule has 1 aromatic carbocycles. The first kappa shape index (κ1) is 22.7. The lowest BCUT2D eigenvalue weighted by Crippen LogP contribution is -2.43. The maximum atomic E-state index is 15.4. The summed E-state index contributed by atoms with van der Waals surface area (Å²) in [7, 11) is 0. The SMILES string of the molecule is NC1=NC2(COC1)c1cc(-c3cccnc3F)ccc1Oc1c2cc(N2CCC(F)(F)CC2)nc1F. The molecule has 0 amide bonds. The third kappa shape index (κ3) is 3.65. The molecule has 0 saturated carbocycles. The minimum atomic E-state index is -2.76. The summed E-state index contributed by atoms with van der Waals surface area (Å²) in [6.45, 7) is 0.146. The molecule has 1 saturated heterocycles. The minimum absolute atomic E-state index is 0.0109. The van der Waals surface area contributed by atoms with E-state index in [9.17, 15) is 13.2 Å². The van der Waals surface area contributed by atoms with Crippen LogP contribution in [-0.4, -0.2) is 48.0 Å². The zero-order valence-electron chi connectivity index (χ0n) is 19.0. The molecule has 2 N–H and O–H groups in total. The van der Waals surface area contributed by atoms with Gasteiger partial charge in [-0.25, -0.2) is 13.8 Å². The fourth-order valence-corrected chi connectivity index (χ4v) is 4.97. The Morgan fingerprint density at radius 1 is 1.00 bits per heavy atom. The monoisotopic (exact) mass is 499 g/mol. The lowest BCUT2D eigenvalue weighted by atomic mass is 9.79. The molecule has 1 unspecified atom stereocenters. The van der Waals surface area contributed by atoms with E-state index in [4.69, 9.17) is 20.2 Å². The van der Waals surface area contributed by atoms with Gasteiger partial charge in [0, 0.05) is 48.8 Å². The van der Waals surface area contributed by atoms with Gasteiger partial charge in [0.05, 0.1) is 6.61 Å². The molecule has 6 rings (SSSR count). The van der Waals surface area contributed by atoms with Gasteiger partial charge in [-0.1, -0.05) is 6.07 Å². The number of anilines is 1. The molecule has 36 heavy (non-hydrogen) atoms. The number of halogens is 4. The zero-order valence-corrected chi connectivity index (χ0v) is 19.0. The maximum Gasteiger partial charge on any atom is 0.258 e. The number of nitrogens with zero attached hydrogens (tertiary/aromatic N) is 4. The average molecular weight is 499 g/mol. The van der Waals surface area contributed by atoms with Crippen LogP contribution in [0.15, 0.2) is 47.6 Å². The Labute approximate surface area is 203 Å². The van der Waals surface area contributed by atoms with E-state index in [1.807, 2.05) is 0 Å². The number of fused-ring (bicyclic) bond motifs is 4. The highest BCUT2D eigenvalue weighted by atomic mass is 19.3. The van der Waals surface area contributed by atoms with Gasteiger partial charge in [-0.15, -0.1) is 0 Å². The summed E-state index contributed by atoms with van der Waals surface area (Å²) in [6, 6.07) is 9.74. The van der Waals surface area contributed by atoms with Gasteiger partial charge in [-0.3, -0.25) is 4.99 Å². The molecule has 3 aliphatic heterocycles. The van der Waals surface area contributed by atoms with Crippen molar-refractivity contribution in [3.63, 3.8) is 0 Å². The van der Waals surface area contributed by atoms with Crippen LogP contribution in [0.4, 0.5) is 23.4 Å². The van der Waals surface area contributed by atoms with E-state index in [0.29, 0.717) is 22.4 Å². The first-order valence-electron chi connectivity index (χ1n) is 11.4. The number of aromatic nitrogens is 2. The van der Waals surface area contributed by atoms with Crippen LogP contribution in [0.2, 0.25) is 0 Å². The van der Waals surface area contributed by atoms with E-state index in [-0.39, 0.29) is 62.1 Å². The summed E-state index contributed by atoms with van der Waals surface area (Å²) >= 11 is 0. The van der Waals surface area contributed by atoms with Crippen LogP contribution in [0, 0.1) is 11.9 Å². The predicted octanol–water partition coefficient (Wildman–Crippen LogP) is 4.39. The number of piperidine rings is 1. The van der Waals surface area contributed by atoms with Crippen LogP contribution >= 0.6 is 0 Å². The van der Waals surface area contributed by atoms with Crippen molar-refractivity contribution >= 4 is 11.7 Å². The molecule has 0 radical (unpaired) electrons. The molecule has 3 aromatic rings. The number of aliphatic imine (C=N–C) groups is 1. The Balaban J connectivity index is 1.52. The molecule has 1 atom stereocenters. The van der Waals surface area contributed by atoms with Crippen molar-refractivity contribution in [3.05, 3.63) is 65.6 Å². The van der Waals surface area contributed by atoms with E-state index in [2.05, 4.69) is 9.97 Å². The summed E-state index contributed by atoms with van der Waals surface area (Å²) in [5.74, 6) is -3.77. The van der Waals surface area contributed by atoms with Crippen LogP contribution in [0.3, 0.4) is 0 Å².